The molecule has 1 fully saturated rings. The van der Waals surface area contributed by atoms with Crippen LogP contribution in [0.15, 0.2) is 10.4 Å². The third kappa shape index (κ3) is 2.38. The number of halogens is 1. The van der Waals surface area contributed by atoms with E-state index in [4.69, 9.17) is 11.6 Å². The third-order valence-electron chi connectivity index (χ3n) is 2.41. The van der Waals surface area contributed by atoms with E-state index in [1.54, 1.807) is 0 Å². The van der Waals surface area contributed by atoms with Gasteiger partial charge in [-0.25, -0.2) is 13.4 Å². The van der Waals surface area contributed by atoms with Gasteiger partial charge in [0.25, 0.3) is 10.0 Å². The maximum atomic E-state index is 12.1. The summed E-state index contributed by atoms with van der Waals surface area (Å²) in [7, 11) is -3.53. The zero-order valence-corrected chi connectivity index (χ0v) is 10.7. The minimum Gasteiger partial charge on any atom is -0.392 e. The Balaban J connectivity index is 2.25. The van der Waals surface area contributed by atoms with Gasteiger partial charge in [-0.15, -0.1) is 0 Å². The van der Waals surface area contributed by atoms with Crippen molar-refractivity contribution in [2.45, 2.75) is 23.2 Å². The van der Waals surface area contributed by atoms with Crippen LogP contribution < -0.4 is 0 Å². The van der Waals surface area contributed by atoms with Crippen molar-refractivity contribution in [2.75, 3.05) is 13.1 Å². The average Bonchev–Trinajstić information content (AvgIpc) is 2.65. The van der Waals surface area contributed by atoms with Crippen molar-refractivity contribution in [3.05, 3.63) is 10.7 Å². The predicted octanol–water partition coefficient (Wildman–Crippen LogP) is 0.942. The van der Waals surface area contributed by atoms with Crippen LogP contribution in [-0.2, 0) is 10.0 Å². The topological polar surface area (TPSA) is 70.5 Å². The van der Waals surface area contributed by atoms with E-state index in [0.29, 0.717) is 19.4 Å². The smallest absolute Gasteiger partial charge is 0.254 e. The van der Waals surface area contributed by atoms with E-state index in [9.17, 15) is 13.5 Å². The van der Waals surface area contributed by atoms with Gasteiger partial charge in [-0.1, -0.05) is 22.9 Å². The van der Waals surface area contributed by atoms with Crippen molar-refractivity contribution in [1.29, 1.82) is 0 Å². The summed E-state index contributed by atoms with van der Waals surface area (Å²) in [5.74, 6) is 0. The SMILES string of the molecule is O=S(=O)(c1cnc(Cl)s1)N1CCCC(O)C1. The molecule has 1 aromatic heterocycles. The van der Waals surface area contributed by atoms with Crippen LogP contribution in [0.2, 0.25) is 4.47 Å². The summed E-state index contributed by atoms with van der Waals surface area (Å²) in [6.07, 6.45) is 2.00. The minimum absolute atomic E-state index is 0.131. The number of aliphatic hydroxyl groups excluding tert-OH is 1. The number of aliphatic hydroxyl groups is 1. The maximum Gasteiger partial charge on any atom is 0.254 e. The van der Waals surface area contributed by atoms with Crippen molar-refractivity contribution in [3.63, 3.8) is 0 Å². The Morgan fingerprint density at radius 1 is 1.62 bits per heavy atom. The maximum absolute atomic E-state index is 12.1. The monoisotopic (exact) mass is 282 g/mol. The van der Waals surface area contributed by atoms with Gasteiger partial charge in [0, 0.05) is 13.1 Å². The van der Waals surface area contributed by atoms with Gasteiger partial charge in [0.15, 0.2) is 8.68 Å². The molecule has 1 atom stereocenters. The number of thiazole rings is 1. The zero-order chi connectivity index (χ0) is 11.8. The molecule has 1 N–H and O–H groups in total. The van der Waals surface area contributed by atoms with Gasteiger partial charge in [0.1, 0.15) is 0 Å². The highest BCUT2D eigenvalue weighted by Crippen LogP contribution is 2.27. The van der Waals surface area contributed by atoms with Crippen LogP contribution in [0, 0.1) is 0 Å². The van der Waals surface area contributed by atoms with Crippen LogP contribution >= 0.6 is 22.9 Å². The summed E-state index contributed by atoms with van der Waals surface area (Å²) in [4.78, 5) is 3.71. The largest absolute Gasteiger partial charge is 0.392 e. The van der Waals surface area contributed by atoms with Crippen LogP contribution in [0.3, 0.4) is 0 Å². The van der Waals surface area contributed by atoms with Crippen LogP contribution in [-0.4, -0.2) is 42.0 Å². The molecule has 0 aromatic carbocycles. The molecular formula is C8H11ClN2O3S2. The van der Waals surface area contributed by atoms with Gasteiger partial charge < -0.3 is 5.11 Å². The molecule has 1 aliphatic rings. The number of β-amino-alcohol motifs (C(OH)–C–C–N with tert-alkyl or cyclic N) is 1. The Kier molecular flexibility index (Phi) is 3.50. The fourth-order valence-electron chi connectivity index (χ4n) is 1.62. The molecule has 0 spiro atoms. The minimum atomic E-state index is -3.53. The van der Waals surface area contributed by atoms with Gasteiger partial charge in [-0.2, -0.15) is 4.31 Å². The van der Waals surface area contributed by atoms with Crippen molar-refractivity contribution in [3.8, 4) is 0 Å². The summed E-state index contributed by atoms with van der Waals surface area (Å²) in [5, 5.41) is 9.45. The van der Waals surface area contributed by atoms with Gasteiger partial charge in [-0.05, 0) is 12.8 Å². The van der Waals surface area contributed by atoms with E-state index in [0.717, 1.165) is 11.3 Å². The molecule has 2 heterocycles. The number of aromatic nitrogens is 1. The fourth-order valence-corrected chi connectivity index (χ4v) is 4.59. The molecule has 1 saturated heterocycles. The molecule has 0 amide bonds. The molecule has 0 bridgehead atoms. The van der Waals surface area contributed by atoms with Crippen molar-refractivity contribution >= 4 is 33.0 Å². The van der Waals surface area contributed by atoms with E-state index in [-0.39, 0.29) is 15.2 Å². The second-order valence-corrected chi connectivity index (χ2v) is 7.37. The molecule has 0 saturated carbocycles. The second kappa shape index (κ2) is 4.58. The molecule has 8 heteroatoms. The number of rotatable bonds is 2. The van der Waals surface area contributed by atoms with Crippen molar-refractivity contribution in [1.82, 2.24) is 9.29 Å². The van der Waals surface area contributed by atoms with E-state index in [2.05, 4.69) is 4.98 Å². The van der Waals surface area contributed by atoms with E-state index < -0.39 is 16.1 Å². The highest BCUT2D eigenvalue weighted by atomic mass is 35.5. The molecular weight excluding hydrogens is 272 g/mol. The van der Waals surface area contributed by atoms with Crippen molar-refractivity contribution in [2.24, 2.45) is 0 Å². The first-order valence-electron chi connectivity index (χ1n) is 4.79. The Morgan fingerprint density at radius 3 is 2.94 bits per heavy atom. The summed E-state index contributed by atoms with van der Waals surface area (Å²) in [5.41, 5.74) is 0. The highest BCUT2D eigenvalue weighted by Gasteiger charge is 2.30. The Hall–Kier alpha value is -0.210. The fraction of sp³-hybridized carbons (Fsp3) is 0.625. The van der Waals surface area contributed by atoms with Crippen LogP contribution in [0.25, 0.3) is 0 Å². The van der Waals surface area contributed by atoms with Crippen LogP contribution in [0.5, 0.6) is 0 Å². The lowest BCUT2D eigenvalue weighted by molar-refractivity contribution is 0.108. The molecule has 16 heavy (non-hydrogen) atoms. The van der Waals surface area contributed by atoms with Crippen LogP contribution in [0.1, 0.15) is 12.8 Å². The van der Waals surface area contributed by atoms with Gasteiger partial charge >= 0.3 is 0 Å². The normalized spacial score (nSPS) is 23.5. The summed E-state index contributed by atoms with van der Waals surface area (Å²) in [6.45, 7) is 0.590. The molecule has 1 aliphatic heterocycles. The summed E-state index contributed by atoms with van der Waals surface area (Å²) < 4.78 is 25.8. The van der Waals surface area contributed by atoms with E-state index in [1.165, 1.54) is 10.5 Å². The molecule has 90 valence electrons. The highest BCUT2D eigenvalue weighted by molar-refractivity contribution is 7.91. The van der Waals surface area contributed by atoms with Gasteiger partial charge in [-0.3, -0.25) is 0 Å². The predicted molar refractivity (Wildman–Crippen MR) is 61.1 cm³/mol. The molecule has 5 nitrogen and oxygen atoms in total. The molecule has 1 aromatic rings. The number of hydrogen-bond donors (Lipinski definition) is 1. The standard InChI is InChI=1S/C8H11ClN2O3S2/c9-8-10-4-7(15-8)16(13,14)11-3-1-2-6(12)5-11/h4,6,12H,1-3,5H2. The summed E-state index contributed by atoms with van der Waals surface area (Å²) in [6, 6.07) is 0. The lowest BCUT2D eigenvalue weighted by Crippen LogP contribution is -2.41. The van der Waals surface area contributed by atoms with E-state index >= 15 is 0 Å². The zero-order valence-electron chi connectivity index (χ0n) is 8.34. The van der Waals surface area contributed by atoms with Gasteiger partial charge in [0.2, 0.25) is 0 Å². The number of sulfonamides is 1. The Bertz CT molecular complexity index is 473. The molecule has 1 unspecified atom stereocenters. The second-order valence-electron chi connectivity index (χ2n) is 3.59. The molecule has 0 radical (unpaired) electrons. The van der Waals surface area contributed by atoms with Crippen LogP contribution in [0.4, 0.5) is 0 Å². The van der Waals surface area contributed by atoms with Gasteiger partial charge in [0.05, 0.1) is 12.3 Å². The first-order chi connectivity index (χ1) is 7.50. The quantitative estimate of drug-likeness (QED) is 0.876. The Morgan fingerprint density at radius 2 is 2.38 bits per heavy atom. The number of hydrogen-bond acceptors (Lipinski definition) is 5. The van der Waals surface area contributed by atoms with Crippen molar-refractivity contribution < 1.29 is 13.5 Å². The third-order valence-corrected chi connectivity index (χ3v) is 5.83. The average molecular weight is 283 g/mol. The number of nitrogens with zero attached hydrogens (tertiary/aromatic N) is 2. The lowest BCUT2D eigenvalue weighted by atomic mass is 10.1. The van der Waals surface area contributed by atoms with E-state index in [1.807, 2.05) is 0 Å². The molecule has 2 rings (SSSR count). The molecule has 0 aliphatic carbocycles. The first kappa shape index (κ1) is 12.3. The first-order valence-corrected chi connectivity index (χ1v) is 7.43. The Labute approximate surface area is 103 Å². The summed E-state index contributed by atoms with van der Waals surface area (Å²) >= 11 is 6.54. The lowest BCUT2D eigenvalue weighted by Gasteiger charge is -2.28. The number of piperidine rings is 1.